The molecule has 0 unspecified atom stereocenters. The maximum Gasteiger partial charge on any atom is 0.261 e. The van der Waals surface area contributed by atoms with Crippen molar-refractivity contribution in [3.8, 4) is 11.9 Å². The van der Waals surface area contributed by atoms with Gasteiger partial charge in [-0.25, -0.2) is 4.98 Å². The number of nitrogens with one attached hydrogen (secondary N) is 1. The lowest BCUT2D eigenvalue weighted by molar-refractivity contribution is 0.0638. The van der Waals surface area contributed by atoms with Gasteiger partial charge in [0.05, 0.1) is 22.8 Å². The van der Waals surface area contributed by atoms with Crippen LogP contribution in [0.4, 0.5) is 5.82 Å². The third kappa shape index (κ3) is 3.97. The Bertz CT molecular complexity index is 1570. The average molecular weight is 480 g/mol. The number of nitriles is 1. The molecule has 0 saturated heterocycles. The molecule has 0 aliphatic carbocycles. The van der Waals surface area contributed by atoms with E-state index in [4.69, 9.17) is 4.74 Å². The Labute approximate surface area is 205 Å². The maximum atomic E-state index is 13.1. The number of ether oxygens (including phenoxy) is 1. The van der Waals surface area contributed by atoms with Crippen LogP contribution >= 0.6 is 0 Å². The van der Waals surface area contributed by atoms with Crippen molar-refractivity contribution < 1.29 is 19.1 Å². The van der Waals surface area contributed by atoms with E-state index in [1.165, 1.54) is 29.1 Å². The summed E-state index contributed by atoms with van der Waals surface area (Å²) < 4.78 is 6.37. The van der Waals surface area contributed by atoms with Crippen molar-refractivity contribution in [1.82, 2.24) is 19.7 Å². The zero-order valence-electron chi connectivity index (χ0n) is 19.3. The third-order valence-electron chi connectivity index (χ3n) is 5.89. The summed E-state index contributed by atoms with van der Waals surface area (Å²) in [5.74, 6) is -0.842. The van der Waals surface area contributed by atoms with Gasteiger partial charge in [0.2, 0.25) is 0 Å². The molecule has 0 bridgehead atoms. The SMILES string of the molecule is COCCCN1C(=O)c2ccc(C(=O)Nc3c(C#N)cnn3-c3ccc4ccccc4n3)cc2C1=O. The molecule has 1 aliphatic heterocycles. The lowest BCUT2D eigenvalue weighted by Gasteiger charge is -2.12. The standard InChI is InChI=1S/C26H20N6O4/c1-36-12-4-11-31-25(34)19-9-7-17(13-20(19)26(31)35)24(33)30-23-18(14-27)15-28-32(23)22-10-8-16-5-2-3-6-21(16)29-22/h2-3,5-10,13,15H,4,11-12H2,1H3,(H,30,33). The number of benzene rings is 2. The summed E-state index contributed by atoms with van der Waals surface area (Å²) in [7, 11) is 1.55. The van der Waals surface area contributed by atoms with Crippen molar-refractivity contribution in [2.75, 3.05) is 25.6 Å². The summed E-state index contributed by atoms with van der Waals surface area (Å²) in [6, 6.07) is 17.5. The Morgan fingerprint density at radius 3 is 2.69 bits per heavy atom. The van der Waals surface area contributed by atoms with Crippen molar-refractivity contribution in [2.45, 2.75) is 6.42 Å². The predicted molar refractivity (Wildman–Crippen MR) is 130 cm³/mol. The van der Waals surface area contributed by atoms with E-state index in [0.717, 1.165) is 15.8 Å². The zero-order chi connectivity index (χ0) is 25.2. The second kappa shape index (κ2) is 9.40. The Kier molecular flexibility index (Phi) is 5.98. The molecule has 0 spiro atoms. The second-order valence-corrected chi connectivity index (χ2v) is 8.12. The van der Waals surface area contributed by atoms with E-state index in [9.17, 15) is 19.6 Å². The lowest BCUT2D eigenvalue weighted by Crippen LogP contribution is -2.31. The van der Waals surface area contributed by atoms with Crippen LogP contribution in [0.25, 0.3) is 16.7 Å². The lowest BCUT2D eigenvalue weighted by atomic mass is 10.1. The highest BCUT2D eigenvalue weighted by atomic mass is 16.5. The van der Waals surface area contributed by atoms with E-state index in [1.54, 1.807) is 13.2 Å². The minimum atomic E-state index is -0.560. The van der Waals surface area contributed by atoms with Crippen LogP contribution in [0.2, 0.25) is 0 Å². The number of carbonyl (C=O) groups is 3. The molecular formula is C26H20N6O4. The minimum absolute atomic E-state index is 0.148. The highest BCUT2D eigenvalue weighted by molar-refractivity contribution is 6.22. The number of rotatable bonds is 7. The number of hydrogen-bond donors (Lipinski definition) is 1. The number of pyridine rings is 1. The fourth-order valence-electron chi connectivity index (χ4n) is 4.08. The summed E-state index contributed by atoms with van der Waals surface area (Å²) in [6.07, 6.45) is 1.86. The van der Waals surface area contributed by atoms with Gasteiger partial charge in [-0.05, 0) is 42.8 Å². The summed E-state index contributed by atoms with van der Waals surface area (Å²) in [6.45, 7) is 0.646. The quantitative estimate of drug-likeness (QED) is 0.318. The first kappa shape index (κ1) is 22.9. The summed E-state index contributed by atoms with van der Waals surface area (Å²) in [5, 5.41) is 17.5. The van der Waals surface area contributed by atoms with Gasteiger partial charge in [0.1, 0.15) is 11.6 Å². The molecule has 10 nitrogen and oxygen atoms in total. The molecule has 0 fully saturated rings. The van der Waals surface area contributed by atoms with Crippen molar-refractivity contribution in [1.29, 1.82) is 5.26 Å². The molecule has 36 heavy (non-hydrogen) atoms. The maximum absolute atomic E-state index is 13.1. The van der Waals surface area contributed by atoms with Crippen molar-refractivity contribution in [3.05, 3.63) is 83.0 Å². The molecule has 1 N–H and O–H groups in total. The average Bonchev–Trinajstić information content (AvgIpc) is 3.41. The number of aromatic nitrogens is 3. The first-order valence-corrected chi connectivity index (χ1v) is 11.2. The Morgan fingerprint density at radius 1 is 1.08 bits per heavy atom. The minimum Gasteiger partial charge on any atom is -0.385 e. The number of carbonyl (C=O) groups excluding carboxylic acids is 3. The summed E-state index contributed by atoms with van der Waals surface area (Å²) >= 11 is 0. The number of methoxy groups -OCH3 is 1. The van der Waals surface area contributed by atoms with E-state index in [2.05, 4.69) is 15.4 Å². The molecule has 0 atom stereocenters. The normalized spacial score (nSPS) is 12.6. The van der Waals surface area contributed by atoms with Gasteiger partial charge in [-0.2, -0.15) is 15.0 Å². The van der Waals surface area contributed by atoms with Gasteiger partial charge in [0.25, 0.3) is 17.7 Å². The first-order valence-electron chi connectivity index (χ1n) is 11.2. The smallest absolute Gasteiger partial charge is 0.261 e. The molecule has 178 valence electrons. The Morgan fingerprint density at radius 2 is 1.89 bits per heavy atom. The fraction of sp³-hybridized carbons (Fsp3) is 0.154. The molecule has 3 heterocycles. The molecule has 0 radical (unpaired) electrons. The monoisotopic (exact) mass is 480 g/mol. The van der Waals surface area contributed by atoms with Gasteiger partial charge < -0.3 is 10.1 Å². The number of fused-ring (bicyclic) bond motifs is 2. The van der Waals surface area contributed by atoms with E-state index in [-0.39, 0.29) is 34.6 Å². The van der Waals surface area contributed by atoms with E-state index in [0.29, 0.717) is 18.8 Å². The van der Waals surface area contributed by atoms with Crippen LogP contribution < -0.4 is 5.32 Å². The van der Waals surface area contributed by atoms with E-state index < -0.39 is 17.7 Å². The van der Waals surface area contributed by atoms with Crippen LogP contribution in [0, 0.1) is 11.3 Å². The molecule has 2 aromatic carbocycles. The van der Waals surface area contributed by atoms with Crippen LogP contribution in [-0.2, 0) is 4.74 Å². The highest BCUT2D eigenvalue weighted by Crippen LogP contribution is 2.26. The van der Waals surface area contributed by atoms with Gasteiger partial charge in [-0.15, -0.1) is 0 Å². The molecule has 10 heteroatoms. The molecule has 4 aromatic rings. The van der Waals surface area contributed by atoms with Gasteiger partial charge in [-0.3, -0.25) is 19.3 Å². The largest absolute Gasteiger partial charge is 0.385 e. The molecule has 0 saturated carbocycles. The van der Waals surface area contributed by atoms with Crippen molar-refractivity contribution >= 4 is 34.4 Å². The van der Waals surface area contributed by atoms with Gasteiger partial charge in [0, 0.05) is 31.2 Å². The van der Waals surface area contributed by atoms with Crippen LogP contribution in [0.5, 0.6) is 0 Å². The Hall–Kier alpha value is -4.88. The molecule has 3 amide bonds. The second-order valence-electron chi connectivity index (χ2n) is 8.12. The van der Waals surface area contributed by atoms with E-state index in [1.807, 2.05) is 36.4 Å². The van der Waals surface area contributed by atoms with Gasteiger partial charge >= 0.3 is 0 Å². The zero-order valence-corrected chi connectivity index (χ0v) is 19.3. The Balaban J connectivity index is 1.43. The van der Waals surface area contributed by atoms with Crippen LogP contribution in [0.15, 0.2) is 60.8 Å². The highest BCUT2D eigenvalue weighted by Gasteiger charge is 2.35. The number of amides is 3. The molecule has 1 aliphatic rings. The van der Waals surface area contributed by atoms with E-state index >= 15 is 0 Å². The number of nitrogens with zero attached hydrogens (tertiary/aromatic N) is 5. The first-order chi connectivity index (χ1) is 17.5. The number of imide groups is 1. The van der Waals surface area contributed by atoms with Crippen LogP contribution in [0.3, 0.4) is 0 Å². The topological polar surface area (TPSA) is 130 Å². The molecule has 2 aromatic heterocycles. The number of anilines is 1. The van der Waals surface area contributed by atoms with Gasteiger partial charge in [0.15, 0.2) is 11.6 Å². The van der Waals surface area contributed by atoms with Crippen molar-refractivity contribution in [2.24, 2.45) is 0 Å². The van der Waals surface area contributed by atoms with Crippen molar-refractivity contribution in [3.63, 3.8) is 0 Å². The molecule has 5 rings (SSSR count). The summed E-state index contributed by atoms with van der Waals surface area (Å²) in [5.41, 5.74) is 1.46. The van der Waals surface area contributed by atoms with Gasteiger partial charge in [-0.1, -0.05) is 18.2 Å². The number of hydrogen-bond acceptors (Lipinski definition) is 7. The summed E-state index contributed by atoms with van der Waals surface area (Å²) in [4.78, 5) is 44.3. The van der Waals surface area contributed by atoms with Crippen LogP contribution in [0.1, 0.15) is 43.1 Å². The molecular weight excluding hydrogens is 460 g/mol. The van der Waals surface area contributed by atoms with Crippen LogP contribution in [-0.4, -0.2) is 57.6 Å². The predicted octanol–water partition coefficient (Wildman–Crippen LogP) is 3.18. The third-order valence-corrected chi connectivity index (χ3v) is 5.89. The number of para-hydroxylation sites is 1. The fourth-order valence-corrected chi connectivity index (χ4v) is 4.08.